The third-order valence-electron chi connectivity index (χ3n) is 2.22. The first-order valence-electron chi connectivity index (χ1n) is 5.02. The highest BCUT2D eigenvalue weighted by molar-refractivity contribution is 7.11. The molecule has 15 heavy (non-hydrogen) atoms. The van der Waals surface area contributed by atoms with Gasteiger partial charge in [-0.2, -0.15) is 0 Å². The Morgan fingerprint density at radius 1 is 1.53 bits per heavy atom. The summed E-state index contributed by atoms with van der Waals surface area (Å²) in [5, 5.41) is 12.0. The van der Waals surface area contributed by atoms with Gasteiger partial charge in [0.25, 0.3) is 0 Å². The molecule has 0 bridgehead atoms. The Bertz CT molecular complexity index is 333. The van der Waals surface area contributed by atoms with Crippen molar-refractivity contribution in [1.82, 2.24) is 5.32 Å². The fourth-order valence-electron chi connectivity index (χ4n) is 1.40. The molecule has 0 aromatic carbocycles. The smallest absolute Gasteiger partial charge is 0.320 e. The van der Waals surface area contributed by atoms with Crippen LogP contribution in [0, 0.1) is 12.8 Å². The van der Waals surface area contributed by atoms with E-state index in [1.165, 1.54) is 9.75 Å². The molecule has 0 aliphatic rings. The van der Waals surface area contributed by atoms with Gasteiger partial charge in [0.05, 0.1) is 0 Å². The van der Waals surface area contributed by atoms with Crippen molar-refractivity contribution in [2.24, 2.45) is 5.92 Å². The molecule has 0 fully saturated rings. The Kier molecular flexibility index (Phi) is 4.29. The Morgan fingerprint density at radius 3 is 2.60 bits per heavy atom. The number of rotatable bonds is 5. The highest BCUT2D eigenvalue weighted by Crippen LogP contribution is 2.15. The number of carbonyl (C=O) groups is 1. The monoisotopic (exact) mass is 227 g/mol. The zero-order valence-electron chi connectivity index (χ0n) is 9.28. The molecule has 4 heteroatoms. The van der Waals surface area contributed by atoms with Gasteiger partial charge in [0.15, 0.2) is 0 Å². The maximum Gasteiger partial charge on any atom is 0.320 e. The average molecular weight is 227 g/mol. The van der Waals surface area contributed by atoms with Crippen LogP contribution in [0.4, 0.5) is 0 Å². The van der Waals surface area contributed by atoms with Gasteiger partial charge in [-0.05, 0) is 25.0 Å². The van der Waals surface area contributed by atoms with Crippen molar-refractivity contribution in [1.29, 1.82) is 0 Å². The highest BCUT2D eigenvalue weighted by atomic mass is 32.1. The number of carboxylic acid groups (broad SMARTS) is 1. The first kappa shape index (κ1) is 12.2. The predicted molar refractivity (Wildman–Crippen MR) is 62.2 cm³/mol. The Labute approximate surface area is 94.1 Å². The van der Waals surface area contributed by atoms with Crippen molar-refractivity contribution in [3.05, 3.63) is 21.9 Å². The normalized spacial score (nSPS) is 13.1. The average Bonchev–Trinajstić information content (AvgIpc) is 2.50. The Hall–Kier alpha value is -0.870. The molecule has 84 valence electrons. The lowest BCUT2D eigenvalue weighted by atomic mass is 10.1. The number of hydrogen-bond acceptors (Lipinski definition) is 3. The summed E-state index contributed by atoms with van der Waals surface area (Å²) < 4.78 is 0. The van der Waals surface area contributed by atoms with E-state index in [1.807, 2.05) is 32.9 Å². The van der Waals surface area contributed by atoms with E-state index >= 15 is 0 Å². The Balaban J connectivity index is 2.50. The lowest BCUT2D eigenvalue weighted by Crippen LogP contribution is -2.40. The topological polar surface area (TPSA) is 49.3 Å². The summed E-state index contributed by atoms with van der Waals surface area (Å²) >= 11 is 1.70. The molecule has 0 aliphatic heterocycles. The lowest BCUT2D eigenvalue weighted by Gasteiger charge is -2.17. The second-order valence-electron chi connectivity index (χ2n) is 3.95. The summed E-state index contributed by atoms with van der Waals surface area (Å²) in [6.45, 7) is 6.50. The van der Waals surface area contributed by atoms with Crippen molar-refractivity contribution in [3.8, 4) is 0 Å². The summed E-state index contributed by atoms with van der Waals surface area (Å²) in [5.41, 5.74) is 0. The molecular weight excluding hydrogens is 210 g/mol. The number of aryl methyl sites for hydroxylation is 1. The molecule has 0 unspecified atom stereocenters. The number of nitrogens with one attached hydrogen (secondary N) is 1. The van der Waals surface area contributed by atoms with E-state index in [0.717, 1.165) is 0 Å². The third kappa shape index (κ3) is 3.64. The van der Waals surface area contributed by atoms with E-state index < -0.39 is 12.0 Å². The van der Waals surface area contributed by atoms with Gasteiger partial charge in [0.1, 0.15) is 6.04 Å². The van der Waals surface area contributed by atoms with Crippen molar-refractivity contribution in [2.45, 2.75) is 33.4 Å². The van der Waals surface area contributed by atoms with Crippen LogP contribution in [-0.4, -0.2) is 17.1 Å². The van der Waals surface area contributed by atoms with E-state index in [1.54, 1.807) is 11.3 Å². The fraction of sp³-hybridized carbons (Fsp3) is 0.545. The fourth-order valence-corrected chi connectivity index (χ4v) is 2.24. The SMILES string of the molecule is Cc1ccc(CN[C@H](C(=O)O)C(C)C)s1. The molecule has 1 atom stereocenters. The van der Waals surface area contributed by atoms with Gasteiger partial charge in [-0.25, -0.2) is 0 Å². The number of thiophene rings is 1. The van der Waals surface area contributed by atoms with Gasteiger partial charge < -0.3 is 5.11 Å². The quantitative estimate of drug-likeness (QED) is 0.811. The van der Waals surface area contributed by atoms with Crippen LogP contribution >= 0.6 is 11.3 Å². The second-order valence-corrected chi connectivity index (χ2v) is 5.33. The zero-order chi connectivity index (χ0) is 11.4. The van der Waals surface area contributed by atoms with Gasteiger partial charge in [-0.15, -0.1) is 11.3 Å². The van der Waals surface area contributed by atoms with E-state index in [9.17, 15) is 4.79 Å². The summed E-state index contributed by atoms with van der Waals surface area (Å²) in [7, 11) is 0. The third-order valence-corrected chi connectivity index (χ3v) is 3.23. The molecular formula is C11H17NO2S. The van der Waals surface area contributed by atoms with Crippen LogP contribution < -0.4 is 5.32 Å². The van der Waals surface area contributed by atoms with Gasteiger partial charge in [-0.3, -0.25) is 10.1 Å². The zero-order valence-corrected chi connectivity index (χ0v) is 10.1. The molecule has 0 saturated heterocycles. The van der Waals surface area contributed by atoms with Crippen LogP contribution in [0.25, 0.3) is 0 Å². The van der Waals surface area contributed by atoms with E-state index in [-0.39, 0.29) is 5.92 Å². The molecule has 0 spiro atoms. The van der Waals surface area contributed by atoms with E-state index in [0.29, 0.717) is 6.54 Å². The lowest BCUT2D eigenvalue weighted by molar-refractivity contribution is -0.140. The molecule has 0 saturated carbocycles. The number of hydrogen-bond donors (Lipinski definition) is 2. The molecule has 1 rings (SSSR count). The maximum absolute atomic E-state index is 10.9. The predicted octanol–water partition coefficient (Wildman–Crippen LogP) is 2.26. The second kappa shape index (κ2) is 5.28. The van der Waals surface area contributed by atoms with Gasteiger partial charge >= 0.3 is 5.97 Å². The van der Waals surface area contributed by atoms with E-state index in [2.05, 4.69) is 5.32 Å². The number of aliphatic carboxylic acids is 1. The summed E-state index contributed by atoms with van der Waals surface area (Å²) in [6, 6.07) is 3.62. The van der Waals surface area contributed by atoms with Crippen LogP contribution in [0.5, 0.6) is 0 Å². The van der Waals surface area contributed by atoms with Crippen molar-refractivity contribution in [2.75, 3.05) is 0 Å². The van der Waals surface area contributed by atoms with Gasteiger partial charge in [0, 0.05) is 16.3 Å². The molecule has 1 heterocycles. The largest absolute Gasteiger partial charge is 0.480 e. The van der Waals surface area contributed by atoms with Gasteiger partial charge in [0.2, 0.25) is 0 Å². The van der Waals surface area contributed by atoms with Crippen LogP contribution in [-0.2, 0) is 11.3 Å². The van der Waals surface area contributed by atoms with Crippen LogP contribution in [0.3, 0.4) is 0 Å². The minimum atomic E-state index is -0.779. The molecule has 0 radical (unpaired) electrons. The van der Waals surface area contributed by atoms with Crippen LogP contribution in [0.2, 0.25) is 0 Å². The van der Waals surface area contributed by atoms with Crippen molar-refractivity contribution < 1.29 is 9.90 Å². The molecule has 0 aliphatic carbocycles. The van der Waals surface area contributed by atoms with Gasteiger partial charge in [-0.1, -0.05) is 13.8 Å². The summed E-state index contributed by atoms with van der Waals surface area (Å²) in [4.78, 5) is 13.3. The van der Waals surface area contributed by atoms with Crippen LogP contribution in [0.15, 0.2) is 12.1 Å². The minimum absolute atomic E-state index is 0.101. The molecule has 3 nitrogen and oxygen atoms in total. The van der Waals surface area contributed by atoms with Crippen LogP contribution in [0.1, 0.15) is 23.6 Å². The minimum Gasteiger partial charge on any atom is -0.480 e. The number of carboxylic acids is 1. The van der Waals surface area contributed by atoms with E-state index in [4.69, 9.17) is 5.11 Å². The van der Waals surface area contributed by atoms with Crippen molar-refractivity contribution >= 4 is 17.3 Å². The molecule has 1 aromatic heterocycles. The summed E-state index contributed by atoms with van der Waals surface area (Å²) in [6.07, 6.45) is 0. The molecule has 2 N–H and O–H groups in total. The highest BCUT2D eigenvalue weighted by Gasteiger charge is 2.20. The first-order valence-corrected chi connectivity index (χ1v) is 5.84. The molecule has 0 amide bonds. The van der Waals surface area contributed by atoms with Crippen molar-refractivity contribution in [3.63, 3.8) is 0 Å². The summed E-state index contributed by atoms with van der Waals surface area (Å²) in [5.74, 6) is -0.679. The molecule has 1 aromatic rings. The first-order chi connectivity index (χ1) is 7.00. The maximum atomic E-state index is 10.9. The Morgan fingerprint density at radius 2 is 2.20 bits per heavy atom. The standard InChI is InChI=1S/C11H17NO2S/c1-7(2)10(11(13)14)12-6-9-5-4-8(3)15-9/h4-5,7,10,12H,6H2,1-3H3,(H,13,14)/t10-/m0/s1.